The molecule has 0 amide bonds. The molecule has 0 aliphatic rings. The van der Waals surface area contributed by atoms with Gasteiger partial charge in [-0.15, -0.1) is 0 Å². The standard InChI is InChI=1S/C15H12Cl3NO5S/c1-24-14-3-2-12(7-13(14)18)25(22,23)19(8-15(20)21)11-5-9(16)4-10(17)6-11/h2-7H,8H2,1H3,(H,20,21). The summed E-state index contributed by atoms with van der Waals surface area (Å²) in [6.07, 6.45) is 0. The number of halogens is 3. The maximum atomic E-state index is 12.9. The molecule has 0 aromatic heterocycles. The lowest BCUT2D eigenvalue weighted by atomic mass is 10.3. The van der Waals surface area contributed by atoms with Crippen molar-refractivity contribution in [2.24, 2.45) is 0 Å². The lowest BCUT2D eigenvalue weighted by molar-refractivity contribution is -0.135. The first-order chi connectivity index (χ1) is 11.6. The summed E-state index contributed by atoms with van der Waals surface area (Å²) < 4.78 is 31.5. The summed E-state index contributed by atoms with van der Waals surface area (Å²) in [5.41, 5.74) is 0.0202. The number of ether oxygens (including phenoxy) is 1. The van der Waals surface area contributed by atoms with Gasteiger partial charge in [-0.25, -0.2) is 8.42 Å². The van der Waals surface area contributed by atoms with Gasteiger partial charge in [0, 0.05) is 10.0 Å². The smallest absolute Gasteiger partial charge is 0.324 e. The molecule has 0 atom stereocenters. The number of carbonyl (C=O) groups is 1. The van der Waals surface area contributed by atoms with Gasteiger partial charge in [0.2, 0.25) is 0 Å². The molecule has 0 aliphatic heterocycles. The Labute approximate surface area is 159 Å². The maximum Gasteiger partial charge on any atom is 0.324 e. The number of benzene rings is 2. The van der Waals surface area contributed by atoms with Gasteiger partial charge in [0.15, 0.2) is 0 Å². The average Bonchev–Trinajstić information content (AvgIpc) is 2.51. The SMILES string of the molecule is COc1ccc(S(=O)(=O)N(CC(=O)O)c2cc(Cl)cc(Cl)c2)cc1Cl. The lowest BCUT2D eigenvalue weighted by Crippen LogP contribution is -2.35. The fraction of sp³-hybridized carbons (Fsp3) is 0.133. The second-order valence-corrected chi connectivity index (χ2v) is 7.97. The van der Waals surface area contributed by atoms with E-state index in [1.54, 1.807) is 0 Å². The minimum absolute atomic E-state index is 0.0202. The van der Waals surface area contributed by atoms with Crippen LogP contribution in [0.15, 0.2) is 41.3 Å². The first-order valence-electron chi connectivity index (χ1n) is 6.69. The van der Waals surface area contributed by atoms with Crippen molar-refractivity contribution in [1.29, 1.82) is 0 Å². The molecule has 2 aromatic carbocycles. The molecule has 0 fully saturated rings. The predicted molar refractivity (Wildman–Crippen MR) is 96.6 cm³/mol. The van der Waals surface area contributed by atoms with Crippen molar-refractivity contribution in [3.8, 4) is 5.75 Å². The van der Waals surface area contributed by atoms with Crippen molar-refractivity contribution in [1.82, 2.24) is 0 Å². The Hall–Kier alpha value is -1.67. The van der Waals surface area contributed by atoms with Crippen LogP contribution in [0.25, 0.3) is 0 Å². The van der Waals surface area contributed by atoms with E-state index < -0.39 is 22.5 Å². The van der Waals surface area contributed by atoms with Crippen molar-refractivity contribution >= 4 is 56.5 Å². The van der Waals surface area contributed by atoms with Gasteiger partial charge in [-0.2, -0.15) is 0 Å². The van der Waals surface area contributed by atoms with Crippen molar-refractivity contribution < 1.29 is 23.1 Å². The number of nitrogens with zero attached hydrogens (tertiary/aromatic N) is 1. The summed E-state index contributed by atoms with van der Waals surface area (Å²) in [7, 11) is -2.85. The monoisotopic (exact) mass is 423 g/mol. The highest BCUT2D eigenvalue weighted by Crippen LogP contribution is 2.32. The van der Waals surface area contributed by atoms with E-state index in [9.17, 15) is 13.2 Å². The van der Waals surface area contributed by atoms with E-state index in [0.717, 1.165) is 0 Å². The maximum absolute atomic E-state index is 12.9. The van der Waals surface area contributed by atoms with Gasteiger partial charge in [0.05, 0.1) is 22.7 Å². The minimum Gasteiger partial charge on any atom is -0.495 e. The van der Waals surface area contributed by atoms with Crippen LogP contribution < -0.4 is 9.04 Å². The normalized spacial score (nSPS) is 11.2. The topological polar surface area (TPSA) is 83.9 Å². The van der Waals surface area contributed by atoms with Crippen molar-refractivity contribution in [2.75, 3.05) is 18.0 Å². The number of carboxylic acids is 1. The highest BCUT2D eigenvalue weighted by atomic mass is 35.5. The highest BCUT2D eigenvalue weighted by Gasteiger charge is 2.28. The zero-order valence-electron chi connectivity index (χ0n) is 12.7. The molecule has 0 unspecified atom stereocenters. The fourth-order valence-corrected chi connectivity index (χ4v) is 4.32. The second-order valence-electron chi connectivity index (χ2n) is 4.83. The summed E-state index contributed by atoms with van der Waals surface area (Å²) in [5.74, 6) is -1.06. The Morgan fingerprint density at radius 3 is 2.20 bits per heavy atom. The van der Waals surface area contributed by atoms with E-state index in [1.165, 1.54) is 43.5 Å². The summed E-state index contributed by atoms with van der Waals surface area (Å²) in [6.45, 7) is -0.817. The summed E-state index contributed by atoms with van der Waals surface area (Å²) in [4.78, 5) is 11.0. The zero-order valence-corrected chi connectivity index (χ0v) is 15.8. The molecule has 0 spiro atoms. The molecule has 0 aliphatic carbocycles. The van der Waals surface area contributed by atoms with Crippen LogP contribution in [-0.2, 0) is 14.8 Å². The van der Waals surface area contributed by atoms with Gasteiger partial charge >= 0.3 is 5.97 Å². The lowest BCUT2D eigenvalue weighted by Gasteiger charge is -2.23. The van der Waals surface area contributed by atoms with Crippen molar-refractivity contribution in [2.45, 2.75) is 4.90 Å². The number of carboxylic acid groups (broad SMARTS) is 1. The molecule has 2 aromatic rings. The number of hydrogen-bond acceptors (Lipinski definition) is 4. The third-order valence-corrected chi connectivity index (χ3v) is 5.63. The quantitative estimate of drug-likeness (QED) is 0.759. The summed E-state index contributed by atoms with van der Waals surface area (Å²) in [6, 6.07) is 7.83. The number of methoxy groups -OCH3 is 1. The molecule has 1 N–H and O–H groups in total. The molecule has 134 valence electrons. The van der Waals surface area contributed by atoms with Crippen LogP contribution in [0.5, 0.6) is 5.75 Å². The van der Waals surface area contributed by atoms with Crippen LogP contribution in [0.4, 0.5) is 5.69 Å². The molecule has 6 nitrogen and oxygen atoms in total. The van der Waals surface area contributed by atoms with E-state index in [0.29, 0.717) is 4.31 Å². The van der Waals surface area contributed by atoms with Gasteiger partial charge in [-0.1, -0.05) is 34.8 Å². The Bertz CT molecular complexity index is 897. The van der Waals surface area contributed by atoms with Crippen LogP contribution in [0.2, 0.25) is 15.1 Å². The largest absolute Gasteiger partial charge is 0.495 e. The second kappa shape index (κ2) is 7.70. The molecule has 25 heavy (non-hydrogen) atoms. The van der Waals surface area contributed by atoms with E-state index in [1.807, 2.05) is 0 Å². The van der Waals surface area contributed by atoms with Crippen molar-refractivity contribution in [3.63, 3.8) is 0 Å². The molecule has 0 radical (unpaired) electrons. The number of sulfonamides is 1. The number of rotatable bonds is 6. The molecule has 10 heteroatoms. The summed E-state index contributed by atoms with van der Waals surface area (Å²) >= 11 is 17.8. The Kier molecular flexibility index (Phi) is 6.05. The van der Waals surface area contributed by atoms with Crippen LogP contribution >= 0.6 is 34.8 Å². The number of anilines is 1. The molecular formula is C15H12Cl3NO5S. The molecule has 0 bridgehead atoms. The van der Waals surface area contributed by atoms with Crippen LogP contribution in [0.3, 0.4) is 0 Å². The van der Waals surface area contributed by atoms with Gasteiger partial charge in [0.25, 0.3) is 10.0 Å². The number of hydrogen-bond donors (Lipinski definition) is 1. The van der Waals surface area contributed by atoms with Crippen LogP contribution in [-0.4, -0.2) is 33.1 Å². The van der Waals surface area contributed by atoms with Gasteiger partial charge in [-0.05, 0) is 36.4 Å². The molecule has 0 saturated heterocycles. The van der Waals surface area contributed by atoms with Crippen LogP contribution in [0.1, 0.15) is 0 Å². The van der Waals surface area contributed by atoms with Gasteiger partial charge in [0.1, 0.15) is 12.3 Å². The fourth-order valence-electron chi connectivity index (χ4n) is 2.06. The third-order valence-electron chi connectivity index (χ3n) is 3.13. The van der Waals surface area contributed by atoms with Gasteiger partial charge < -0.3 is 9.84 Å². The molecule has 2 rings (SSSR count). The van der Waals surface area contributed by atoms with Gasteiger partial charge in [-0.3, -0.25) is 9.10 Å². The molecule has 0 saturated carbocycles. The van der Waals surface area contributed by atoms with Crippen LogP contribution in [0, 0.1) is 0 Å². The predicted octanol–water partition coefficient (Wildman–Crippen LogP) is 3.94. The van der Waals surface area contributed by atoms with E-state index in [-0.39, 0.29) is 31.4 Å². The van der Waals surface area contributed by atoms with Crippen molar-refractivity contribution in [3.05, 3.63) is 51.5 Å². The first-order valence-corrected chi connectivity index (χ1v) is 9.26. The summed E-state index contributed by atoms with van der Waals surface area (Å²) in [5, 5.41) is 9.52. The Balaban J connectivity index is 2.59. The third kappa shape index (κ3) is 4.49. The van der Waals surface area contributed by atoms with E-state index >= 15 is 0 Å². The average molecular weight is 425 g/mol. The highest BCUT2D eigenvalue weighted by molar-refractivity contribution is 7.92. The minimum atomic E-state index is -4.23. The Morgan fingerprint density at radius 1 is 1.12 bits per heavy atom. The number of aliphatic carboxylic acids is 1. The van der Waals surface area contributed by atoms with E-state index in [2.05, 4.69) is 0 Å². The molecular weight excluding hydrogens is 413 g/mol. The zero-order chi connectivity index (χ0) is 18.8. The first kappa shape index (κ1) is 19.7. The van der Waals surface area contributed by atoms with E-state index in [4.69, 9.17) is 44.6 Å². The molecule has 0 heterocycles. The Morgan fingerprint density at radius 2 is 1.72 bits per heavy atom.